The molecule has 1 aliphatic rings. The average molecular weight is 416 g/mol. The summed E-state index contributed by atoms with van der Waals surface area (Å²) in [5.74, 6) is -2.84. The van der Waals surface area contributed by atoms with Crippen molar-refractivity contribution in [2.24, 2.45) is 0 Å². The van der Waals surface area contributed by atoms with E-state index in [-0.39, 0.29) is 12.1 Å². The van der Waals surface area contributed by atoms with E-state index in [1.807, 2.05) is 5.32 Å². The molecule has 2 aromatic carbocycles. The number of nitrogens with zero attached hydrogens (tertiary/aromatic N) is 1. The SMILES string of the molecule is CC[C@@]1(c2ccc(F)cc2)NC(=O)N(CC(=O)NC(=O)Nc2ccccc2F)C1=O. The molecule has 0 unspecified atom stereocenters. The van der Waals surface area contributed by atoms with Crippen LogP contribution in [0.4, 0.5) is 24.1 Å². The van der Waals surface area contributed by atoms with Crippen molar-refractivity contribution in [1.82, 2.24) is 15.5 Å². The number of rotatable bonds is 5. The van der Waals surface area contributed by atoms with E-state index >= 15 is 0 Å². The minimum atomic E-state index is -1.44. The molecule has 1 atom stereocenters. The molecule has 10 heteroatoms. The number of carbonyl (C=O) groups is 4. The highest BCUT2D eigenvalue weighted by molar-refractivity contribution is 6.11. The van der Waals surface area contributed by atoms with Gasteiger partial charge in [0.2, 0.25) is 5.91 Å². The van der Waals surface area contributed by atoms with Crippen LogP contribution in [0.5, 0.6) is 0 Å². The fourth-order valence-corrected chi connectivity index (χ4v) is 3.17. The second-order valence-electron chi connectivity index (χ2n) is 6.57. The first-order valence-electron chi connectivity index (χ1n) is 9.02. The van der Waals surface area contributed by atoms with Crippen molar-refractivity contribution >= 4 is 29.6 Å². The van der Waals surface area contributed by atoms with Crippen molar-refractivity contribution in [2.45, 2.75) is 18.9 Å². The fourth-order valence-electron chi connectivity index (χ4n) is 3.17. The van der Waals surface area contributed by atoms with Gasteiger partial charge in [0.05, 0.1) is 5.69 Å². The van der Waals surface area contributed by atoms with Crippen molar-refractivity contribution < 1.29 is 28.0 Å². The molecule has 3 N–H and O–H groups in total. The normalized spacial score (nSPS) is 18.2. The van der Waals surface area contributed by atoms with Crippen LogP contribution in [0.1, 0.15) is 18.9 Å². The van der Waals surface area contributed by atoms with Gasteiger partial charge in [-0.3, -0.25) is 19.8 Å². The first kappa shape index (κ1) is 20.9. The number of urea groups is 2. The molecule has 30 heavy (non-hydrogen) atoms. The molecule has 1 heterocycles. The second kappa shape index (κ2) is 8.27. The number of anilines is 1. The van der Waals surface area contributed by atoms with E-state index in [1.165, 1.54) is 30.3 Å². The van der Waals surface area contributed by atoms with Crippen LogP contribution in [0.2, 0.25) is 0 Å². The van der Waals surface area contributed by atoms with Crippen LogP contribution in [0, 0.1) is 11.6 Å². The lowest BCUT2D eigenvalue weighted by Gasteiger charge is -2.25. The monoisotopic (exact) mass is 416 g/mol. The van der Waals surface area contributed by atoms with Gasteiger partial charge in [0.15, 0.2) is 0 Å². The number of carbonyl (C=O) groups excluding carboxylic acids is 4. The third kappa shape index (κ3) is 3.97. The number of imide groups is 2. The van der Waals surface area contributed by atoms with E-state index < -0.39 is 47.6 Å². The Morgan fingerprint density at radius 3 is 2.37 bits per heavy atom. The molecule has 8 nitrogen and oxygen atoms in total. The Hall–Kier alpha value is -3.82. The molecule has 0 spiro atoms. The molecule has 2 aromatic rings. The van der Waals surface area contributed by atoms with Gasteiger partial charge in [0.25, 0.3) is 5.91 Å². The summed E-state index contributed by atoms with van der Waals surface area (Å²) in [5.41, 5.74) is -1.22. The number of halogens is 2. The number of amides is 6. The van der Waals surface area contributed by atoms with Gasteiger partial charge in [-0.25, -0.2) is 18.4 Å². The highest BCUT2D eigenvalue weighted by atomic mass is 19.1. The zero-order valence-electron chi connectivity index (χ0n) is 15.9. The van der Waals surface area contributed by atoms with E-state index in [2.05, 4.69) is 10.6 Å². The quantitative estimate of drug-likeness (QED) is 0.651. The van der Waals surface area contributed by atoms with Crippen LogP contribution in [-0.2, 0) is 15.1 Å². The summed E-state index contributed by atoms with van der Waals surface area (Å²) in [6.07, 6.45) is 0.162. The van der Waals surface area contributed by atoms with Crippen molar-refractivity contribution in [3.05, 3.63) is 65.7 Å². The molecule has 0 radical (unpaired) electrons. The minimum absolute atomic E-state index is 0.140. The van der Waals surface area contributed by atoms with Crippen molar-refractivity contribution in [1.29, 1.82) is 0 Å². The fraction of sp³-hybridized carbons (Fsp3) is 0.200. The van der Waals surface area contributed by atoms with E-state index in [1.54, 1.807) is 6.92 Å². The van der Waals surface area contributed by atoms with E-state index in [0.29, 0.717) is 10.5 Å². The molecule has 0 bridgehead atoms. The third-order valence-corrected chi connectivity index (χ3v) is 4.72. The largest absolute Gasteiger partial charge is 0.326 e. The topological polar surface area (TPSA) is 108 Å². The molecular formula is C20H18F2N4O4. The van der Waals surface area contributed by atoms with E-state index in [9.17, 15) is 28.0 Å². The highest BCUT2D eigenvalue weighted by Crippen LogP contribution is 2.32. The lowest BCUT2D eigenvalue weighted by Crippen LogP contribution is -2.46. The molecule has 0 aromatic heterocycles. The van der Waals surface area contributed by atoms with Gasteiger partial charge in [0.1, 0.15) is 23.7 Å². The lowest BCUT2D eigenvalue weighted by atomic mass is 9.87. The lowest BCUT2D eigenvalue weighted by molar-refractivity contribution is -0.135. The summed E-state index contributed by atoms with van der Waals surface area (Å²) >= 11 is 0. The Morgan fingerprint density at radius 2 is 1.73 bits per heavy atom. The van der Waals surface area contributed by atoms with E-state index in [4.69, 9.17) is 0 Å². The number of para-hydroxylation sites is 1. The molecule has 6 amide bonds. The first-order valence-corrected chi connectivity index (χ1v) is 9.02. The molecule has 0 saturated carbocycles. The Labute approximate surface area is 170 Å². The maximum atomic E-state index is 13.6. The van der Waals surface area contributed by atoms with Crippen molar-refractivity contribution in [3.8, 4) is 0 Å². The molecule has 1 saturated heterocycles. The molecule has 1 aliphatic heterocycles. The van der Waals surface area contributed by atoms with Crippen LogP contribution in [0.3, 0.4) is 0 Å². The molecule has 1 fully saturated rings. The summed E-state index contributed by atoms with van der Waals surface area (Å²) in [5, 5.41) is 6.64. The first-order chi connectivity index (χ1) is 14.3. The predicted molar refractivity (Wildman–Crippen MR) is 102 cm³/mol. The predicted octanol–water partition coefficient (Wildman–Crippen LogP) is 2.47. The van der Waals surface area contributed by atoms with Gasteiger partial charge in [0, 0.05) is 0 Å². The Kier molecular flexibility index (Phi) is 5.77. The molecular weight excluding hydrogens is 398 g/mol. The van der Waals surface area contributed by atoms with Gasteiger partial charge >= 0.3 is 12.1 Å². The van der Waals surface area contributed by atoms with Crippen LogP contribution in [0.25, 0.3) is 0 Å². The Morgan fingerprint density at radius 1 is 1.07 bits per heavy atom. The van der Waals surface area contributed by atoms with Crippen molar-refractivity contribution in [2.75, 3.05) is 11.9 Å². The summed E-state index contributed by atoms with van der Waals surface area (Å²) in [6, 6.07) is 8.59. The van der Waals surface area contributed by atoms with Gasteiger partial charge in [-0.1, -0.05) is 31.2 Å². The molecule has 3 rings (SSSR count). The standard InChI is InChI=1S/C20H18F2N4O4/c1-2-20(12-7-9-13(21)10-8-12)17(28)26(19(30)25-20)11-16(27)24-18(29)23-15-6-4-3-5-14(15)22/h3-10H,2,11H2,1H3,(H,25,30)(H2,23,24,27,29)/t20-/m0/s1. The van der Waals surface area contributed by atoms with Gasteiger partial charge in [-0.15, -0.1) is 0 Å². The molecule has 0 aliphatic carbocycles. The highest BCUT2D eigenvalue weighted by Gasteiger charge is 2.51. The minimum Gasteiger partial charge on any atom is -0.319 e. The third-order valence-electron chi connectivity index (χ3n) is 4.72. The van der Waals surface area contributed by atoms with Gasteiger partial charge in [-0.05, 0) is 36.2 Å². The van der Waals surface area contributed by atoms with Gasteiger partial charge < -0.3 is 10.6 Å². The molecule has 156 valence electrons. The number of nitrogens with one attached hydrogen (secondary N) is 3. The number of hydrogen-bond acceptors (Lipinski definition) is 4. The summed E-state index contributed by atoms with van der Waals surface area (Å²) < 4.78 is 26.8. The average Bonchev–Trinajstić information content (AvgIpc) is 2.95. The summed E-state index contributed by atoms with van der Waals surface area (Å²) in [4.78, 5) is 50.0. The van der Waals surface area contributed by atoms with Gasteiger partial charge in [-0.2, -0.15) is 0 Å². The summed E-state index contributed by atoms with van der Waals surface area (Å²) in [7, 11) is 0. The maximum absolute atomic E-state index is 13.6. The maximum Gasteiger partial charge on any atom is 0.326 e. The van der Waals surface area contributed by atoms with Crippen LogP contribution in [0.15, 0.2) is 48.5 Å². The second-order valence-corrected chi connectivity index (χ2v) is 6.57. The number of benzene rings is 2. The Balaban J connectivity index is 1.69. The van der Waals surface area contributed by atoms with E-state index in [0.717, 1.165) is 18.2 Å². The number of hydrogen-bond donors (Lipinski definition) is 3. The Bertz CT molecular complexity index is 1010. The van der Waals surface area contributed by atoms with Crippen molar-refractivity contribution in [3.63, 3.8) is 0 Å². The van der Waals surface area contributed by atoms with Crippen LogP contribution < -0.4 is 16.0 Å². The smallest absolute Gasteiger partial charge is 0.319 e. The zero-order chi connectivity index (χ0) is 21.9. The van der Waals surface area contributed by atoms with Crippen LogP contribution >= 0.6 is 0 Å². The zero-order valence-corrected chi connectivity index (χ0v) is 15.9. The van der Waals surface area contributed by atoms with Crippen LogP contribution in [-0.4, -0.2) is 35.3 Å². The summed E-state index contributed by atoms with van der Waals surface area (Å²) in [6.45, 7) is 0.936.